The molecule has 18 heavy (non-hydrogen) atoms. The lowest BCUT2D eigenvalue weighted by Gasteiger charge is -2.27. The van der Waals surface area contributed by atoms with Crippen LogP contribution in [0.4, 0.5) is 4.39 Å². The van der Waals surface area contributed by atoms with E-state index in [1.54, 1.807) is 0 Å². The maximum atomic E-state index is 13.6. The Morgan fingerprint density at radius 3 is 2.56 bits per heavy atom. The minimum atomic E-state index is -0.476. The summed E-state index contributed by atoms with van der Waals surface area (Å²) in [5, 5.41) is 0.341. The molecule has 0 atom stereocenters. The monoisotopic (exact) mass is 269 g/mol. The van der Waals surface area contributed by atoms with E-state index in [1.807, 2.05) is 0 Å². The summed E-state index contributed by atoms with van der Waals surface area (Å²) in [4.78, 5) is 0. The average Bonchev–Trinajstić information content (AvgIpc) is 3.03. The van der Waals surface area contributed by atoms with E-state index >= 15 is 0 Å². The third kappa shape index (κ3) is 2.21. The molecule has 0 bridgehead atoms. The van der Waals surface area contributed by atoms with Crippen LogP contribution in [-0.2, 0) is 5.54 Å². The molecular formula is C14H17ClFNO. The number of nitrogens with two attached hydrogens (primary N) is 1. The molecule has 0 unspecified atom stereocenters. The molecule has 2 N–H and O–H groups in total. The molecule has 4 heteroatoms. The molecule has 0 aliphatic heterocycles. The topological polar surface area (TPSA) is 35.2 Å². The molecule has 0 heterocycles. The van der Waals surface area contributed by atoms with E-state index in [0.29, 0.717) is 10.8 Å². The summed E-state index contributed by atoms with van der Waals surface area (Å²) in [5.41, 5.74) is 6.68. The van der Waals surface area contributed by atoms with Crippen molar-refractivity contribution < 1.29 is 9.13 Å². The maximum absolute atomic E-state index is 13.6. The summed E-state index contributed by atoms with van der Waals surface area (Å²) in [6, 6.07) is 2.80. The molecule has 0 radical (unpaired) electrons. The van der Waals surface area contributed by atoms with Gasteiger partial charge in [0.2, 0.25) is 0 Å². The van der Waals surface area contributed by atoms with Crippen molar-refractivity contribution in [2.45, 2.75) is 50.2 Å². The molecule has 98 valence electrons. The van der Waals surface area contributed by atoms with Crippen molar-refractivity contribution in [2.75, 3.05) is 0 Å². The number of benzene rings is 1. The predicted molar refractivity (Wildman–Crippen MR) is 69.4 cm³/mol. The third-order valence-corrected chi connectivity index (χ3v) is 4.13. The fraction of sp³-hybridized carbons (Fsp3) is 0.571. The van der Waals surface area contributed by atoms with E-state index in [-0.39, 0.29) is 11.9 Å². The van der Waals surface area contributed by atoms with Crippen molar-refractivity contribution in [1.29, 1.82) is 0 Å². The quantitative estimate of drug-likeness (QED) is 0.907. The highest BCUT2D eigenvalue weighted by molar-refractivity contribution is 6.32. The van der Waals surface area contributed by atoms with Gasteiger partial charge in [-0.15, -0.1) is 0 Å². The summed E-state index contributed by atoms with van der Waals surface area (Å²) in [7, 11) is 0. The molecule has 2 saturated carbocycles. The second-order valence-electron chi connectivity index (χ2n) is 5.44. The van der Waals surface area contributed by atoms with E-state index in [0.717, 1.165) is 44.1 Å². The van der Waals surface area contributed by atoms with Crippen molar-refractivity contribution in [3.63, 3.8) is 0 Å². The number of ether oxygens (including phenoxy) is 1. The zero-order valence-electron chi connectivity index (χ0n) is 10.2. The standard InChI is InChI=1S/C14H17ClFNO/c15-12-8-9(16)7-11(13(12)18-10-3-4-10)14(17)5-1-2-6-14/h7-8,10H,1-6,17H2. The van der Waals surface area contributed by atoms with E-state index in [9.17, 15) is 4.39 Å². The molecule has 0 spiro atoms. The van der Waals surface area contributed by atoms with Crippen LogP contribution < -0.4 is 10.5 Å². The summed E-state index contributed by atoms with van der Waals surface area (Å²) >= 11 is 6.13. The predicted octanol–water partition coefficient (Wildman–Crippen LogP) is 3.75. The first-order chi connectivity index (χ1) is 8.58. The Labute approximate surface area is 111 Å². The molecule has 2 aliphatic rings. The minimum Gasteiger partial charge on any atom is -0.489 e. The van der Waals surface area contributed by atoms with Crippen LogP contribution in [-0.4, -0.2) is 6.10 Å². The fourth-order valence-electron chi connectivity index (χ4n) is 2.68. The molecule has 1 aromatic rings. The lowest BCUT2D eigenvalue weighted by atomic mass is 9.88. The first kappa shape index (κ1) is 12.2. The van der Waals surface area contributed by atoms with Crippen LogP contribution in [0.5, 0.6) is 5.75 Å². The lowest BCUT2D eigenvalue weighted by Crippen LogP contribution is -2.34. The van der Waals surface area contributed by atoms with Gasteiger partial charge in [0.1, 0.15) is 11.6 Å². The van der Waals surface area contributed by atoms with Crippen molar-refractivity contribution in [2.24, 2.45) is 5.73 Å². The molecule has 2 nitrogen and oxygen atoms in total. The van der Waals surface area contributed by atoms with Gasteiger partial charge in [-0.05, 0) is 37.8 Å². The van der Waals surface area contributed by atoms with Crippen molar-refractivity contribution in [3.05, 3.63) is 28.5 Å². The lowest BCUT2D eigenvalue weighted by molar-refractivity contribution is 0.289. The first-order valence-corrected chi connectivity index (χ1v) is 6.91. The van der Waals surface area contributed by atoms with Gasteiger partial charge in [0, 0.05) is 11.1 Å². The summed E-state index contributed by atoms with van der Waals surface area (Å²) in [6.07, 6.45) is 6.22. The molecule has 0 saturated heterocycles. The Kier molecular flexibility index (Phi) is 2.99. The number of rotatable bonds is 3. The second-order valence-corrected chi connectivity index (χ2v) is 5.85. The summed E-state index contributed by atoms with van der Waals surface area (Å²) in [6.45, 7) is 0. The minimum absolute atomic E-state index is 0.233. The first-order valence-electron chi connectivity index (χ1n) is 6.53. The molecule has 2 aliphatic carbocycles. The maximum Gasteiger partial charge on any atom is 0.143 e. The van der Waals surface area contributed by atoms with Crippen molar-refractivity contribution in [1.82, 2.24) is 0 Å². The number of halogens is 2. The highest BCUT2D eigenvalue weighted by atomic mass is 35.5. The van der Waals surface area contributed by atoms with Gasteiger partial charge in [0.25, 0.3) is 0 Å². The van der Waals surface area contributed by atoms with Crippen LogP contribution in [0.3, 0.4) is 0 Å². The van der Waals surface area contributed by atoms with Gasteiger partial charge < -0.3 is 10.5 Å². The van der Waals surface area contributed by atoms with Gasteiger partial charge in [-0.3, -0.25) is 0 Å². The molecule has 1 aromatic carbocycles. The highest BCUT2D eigenvalue weighted by Crippen LogP contribution is 2.45. The highest BCUT2D eigenvalue weighted by Gasteiger charge is 2.36. The molecule has 2 fully saturated rings. The van der Waals surface area contributed by atoms with Crippen LogP contribution in [0.15, 0.2) is 12.1 Å². The molecular weight excluding hydrogens is 253 g/mol. The number of hydrogen-bond acceptors (Lipinski definition) is 2. The number of hydrogen-bond donors (Lipinski definition) is 1. The third-order valence-electron chi connectivity index (χ3n) is 3.85. The van der Waals surface area contributed by atoms with Gasteiger partial charge in [0.15, 0.2) is 0 Å². The van der Waals surface area contributed by atoms with Crippen LogP contribution in [0, 0.1) is 5.82 Å². The summed E-state index contributed by atoms with van der Waals surface area (Å²) in [5.74, 6) is 0.264. The second kappa shape index (κ2) is 4.39. The average molecular weight is 270 g/mol. The zero-order valence-corrected chi connectivity index (χ0v) is 11.0. The summed E-state index contributed by atoms with van der Waals surface area (Å²) < 4.78 is 19.4. The van der Waals surface area contributed by atoms with Crippen LogP contribution in [0.2, 0.25) is 5.02 Å². The Morgan fingerprint density at radius 1 is 1.28 bits per heavy atom. The van der Waals surface area contributed by atoms with Gasteiger partial charge in [-0.25, -0.2) is 4.39 Å². The smallest absolute Gasteiger partial charge is 0.143 e. The van der Waals surface area contributed by atoms with E-state index in [2.05, 4.69) is 0 Å². The Balaban J connectivity index is 2.04. The largest absolute Gasteiger partial charge is 0.489 e. The molecule has 3 rings (SSSR count). The van der Waals surface area contributed by atoms with E-state index < -0.39 is 5.54 Å². The van der Waals surface area contributed by atoms with E-state index in [1.165, 1.54) is 12.1 Å². The van der Waals surface area contributed by atoms with Crippen molar-refractivity contribution >= 4 is 11.6 Å². The van der Waals surface area contributed by atoms with Gasteiger partial charge in [0.05, 0.1) is 11.1 Å². The van der Waals surface area contributed by atoms with Gasteiger partial charge in [-0.2, -0.15) is 0 Å². The van der Waals surface area contributed by atoms with Crippen molar-refractivity contribution in [3.8, 4) is 5.75 Å². The zero-order chi connectivity index (χ0) is 12.8. The Morgan fingerprint density at radius 2 is 1.94 bits per heavy atom. The SMILES string of the molecule is NC1(c2cc(F)cc(Cl)c2OC2CC2)CCCC1. The van der Waals surface area contributed by atoms with Crippen LogP contribution in [0.25, 0.3) is 0 Å². The molecule has 0 aromatic heterocycles. The molecule has 0 amide bonds. The van der Waals surface area contributed by atoms with E-state index in [4.69, 9.17) is 22.1 Å². The van der Waals surface area contributed by atoms with Gasteiger partial charge >= 0.3 is 0 Å². The fourth-order valence-corrected chi connectivity index (χ4v) is 2.93. The van der Waals surface area contributed by atoms with Gasteiger partial charge in [-0.1, -0.05) is 24.4 Å². The Hall–Kier alpha value is -0.800. The van der Waals surface area contributed by atoms with Crippen LogP contribution >= 0.6 is 11.6 Å². The Bertz CT molecular complexity index is 467. The van der Waals surface area contributed by atoms with Crippen LogP contribution in [0.1, 0.15) is 44.1 Å². The normalized spacial score (nSPS) is 22.2.